The van der Waals surface area contributed by atoms with Crippen LogP contribution in [0.5, 0.6) is 0 Å². The third-order valence-electron chi connectivity index (χ3n) is 4.37. The number of aliphatic hydroxyl groups is 8. The first-order chi connectivity index (χ1) is 10.2. The lowest BCUT2D eigenvalue weighted by Gasteiger charge is -2.53. The second kappa shape index (κ2) is 6.24. The van der Waals surface area contributed by atoms with E-state index in [1.807, 2.05) is 0 Å². The predicted molar refractivity (Wildman–Crippen MR) is 67.3 cm³/mol. The molecular formula is C12H22O10. The molecule has 10 heteroatoms. The van der Waals surface area contributed by atoms with Gasteiger partial charge in [-0.15, -0.1) is 0 Å². The quantitative estimate of drug-likeness (QED) is 0.245. The third-order valence-corrected chi connectivity index (χ3v) is 4.37. The Labute approximate surface area is 125 Å². The average molecular weight is 326 g/mol. The predicted octanol–water partition coefficient (Wildman–Crippen LogP) is -4.98. The van der Waals surface area contributed by atoms with Crippen molar-refractivity contribution in [2.75, 3.05) is 6.61 Å². The van der Waals surface area contributed by atoms with Gasteiger partial charge < -0.3 is 50.3 Å². The monoisotopic (exact) mass is 326 g/mol. The van der Waals surface area contributed by atoms with Crippen molar-refractivity contribution >= 4 is 0 Å². The molecule has 0 radical (unpaired) electrons. The number of hydrogen-bond donors (Lipinski definition) is 8. The van der Waals surface area contributed by atoms with Gasteiger partial charge in [0.2, 0.25) is 0 Å². The molecule has 0 aromatic rings. The first kappa shape index (κ1) is 17.9. The zero-order valence-electron chi connectivity index (χ0n) is 11.8. The van der Waals surface area contributed by atoms with Crippen LogP contribution in [-0.4, -0.2) is 108 Å². The SMILES string of the molecule is C[C@H]1OC([C@@]2(O)[C@@H](O)C(O)O[C@H](CO)[C@@H]2O)[C@@H](O)[C@@H](O)[C@@H]1O. The van der Waals surface area contributed by atoms with Crippen molar-refractivity contribution in [3.05, 3.63) is 0 Å². The molecule has 0 bridgehead atoms. The van der Waals surface area contributed by atoms with Crippen molar-refractivity contribution in [1.29, 1.82) is 0 Å². The maximum atomic E-state index is 10.7. The molecule has 2 saturated heterocycles. The van der Waals surface area contributed by atoms with Gasteiger partial charge in [0, 0.05) is 0 Å². The molecule has 0 amide bonds. The first-order valence-corrected chi connectivity index (χ1v) is 6.88. The molecule has 10 nitrogen and oxygen atoms in total. The van der Waals surface area contributed by atoms with Crippen LogP contribution in [0, 0.1) is 0 Å². The van der Waals surface area contributed by atoms with Crippen LogP contribution in [0.4, 0.5) is 0 Å². The second-order valence-electron chi connectivity index (χ2n) is 5.76. The molecule has 2 aliphatic heterocycles. The molecule has 0 spiro atoms. The third kappa shape index (κ3) is 2.55. The molecule has 0 saturated carbocycles. The van der Waals surface area contributed by atoms with Crippen LogP contribution in [-0.2, 0) is 9.47 Å². The minimum absolute atomic E-state index is 0.781. The van der Waals surface area contributed by atoms with Gasteiger partial charge in [0.25, 0.3) is 0 Å². The lowest BCUT2D eigenvalue weighted by Crippen LogP contribution is -2.76. The highest BCUT2D eigenvalue weighted by molar-refractivity contribution is 5.11. The van der Waals surface area contributed by atoms with E-state index in [1.54, 1.807) is 0 Å². The smallest absolute Gasteiger partial charge is 0.184 e. The average Bonchev–Trinajstić information content (AvgIpc) is 2.50. The molecule has 10 atom stereocenters. The van der Waals surface area contributed by atoms with Crippen LogP contribution in [0.2, 0.25) is 0 Å². The summed E-state index contributed by atoms with van der Waals surface area (Å²) in [7, 11) is 0. The van der Waals surface area contributed by atoms with Crippen LogP contribution in [0.15, 0.2) is 0 Å². The van der Waals surface area contributed by atoms with E-state index in [1.165, 1.54) is 6.92 Å². The molecule has 0 aromatic heterocycles. The Kier molecular flexibility index (Phi) is 5.09. The van der Waals surface area contributed by atoms with Crippen molar-refractivity contribution in [3.63, 3.8) is 0 Å². The van der Waals surface area contributed by atoms with Crippen LogP contribution < -0.4 is 0 Å². The van der Waals surface area contributed by atoms with Crippen LogP contribution >= 0.6 is 0 Å². The summed E-state index contributed by atoms with van der Waals surface area (Å²) in [6.45, 7) is 0.574. The minimum Gasteiger partial charge on any atom is -0.394 e. The van der Waals surface area contributed by atoms with E-state index in [9.17, 15) is 35.7 Å². The summed E-state index contributed by atoms with van der Waals surface area (Å²) in [5.74, 6) is 0. The number of hydrogen-bond acceptors (Lipinski definition) is 10. The van der Waals surface area contributed by atoms with Crippen LogP contribution in [0.1, 0.15) is 6.92 Å². The summed E-state index contributed by atoms with van der Waals surface area (Å²) in [5, 5.41) is 79.0. The van der Waals surface area contributed by atoms with Gasteiger partial charge in [0.15, 0.2) is 11.9 Å². The molecule has 2 fully saturated rings. The number of ether oxygens (including phenoxy) is 2. The van der Waals surface area contributed by atoms with E-state index >= 15 is 0 Å². The molecule has 2 aliphatic rings. The van der Waals surface area contributed by atoms with Crippen LogP contribution in [0.25, 0.3) is 0 Å². The van der Waals surface area contributed by atoms with E-state index in [4.69, 9.17) is 14.6 Å². The van der Waals surface area contributed by atoms with E-state index in [0.717, 1.165) is 0 Å². The van der Waals surface area contributed by atoms with E-state index < -0.39 is 67.3 Å². The van der Waals surface area contributed by atoms with Crippen molar-refractivity contribution in [2.45, 2.75) is 67.6 Å². The zero-order chi connectivity index (χ0) is 16.8. The maximum Gasteiger partial charge on any atom is 0.184 e. The second-order valence-corrected chi connectivity index (χ2v) is 5.76. The highest BCUT2D eigenvalue weighted by atomic mass is 16.6. The Bertz CT molecular complexity index is 394. The normalized spacial score (nSPS) is 56.9. The Morgan fingerprint density at radius 2 is 1.45 bits per heavy atom. The number of rotatable bonds is 2. The molecule has 22 heavy (non-hydrogen) atoms. The van der Waals surface area contributed by atoms with E-state index in [-0.39, 0.29) is 0 Å². The Balaban J connectivity index is 2.37. The Hall–Kier alpha value is -0.400. The van der Waals surface area contributed by atoms with Gasteiger partial charge in [-0.25, -0.2) is 0 Å². The molecule has 2 heterocycles. The molecule has 0 aromatic carbocycles. The summed E-state index contributed by atoms with van der Waals surface area (Å²) in [6, 6.07) is 0. The van der Waals surface area contributed by atoms with Gasteiger partial charge in [0.05, 0.1) is 12.7 Å². The van der Waals surface area contributed by atoms with Crippen molar-refractivity contribution in [2.24, 2.45) is 0 Å². The molecular weight excluding hydrogens is 304 g/mol. The number of aliphatic hydroxyl groups excluding tert-OH is 7. The van der Waals surface area contributed by atoms with E-state index in [0.29, 0.717) is 0 Å². The largest absolute Gasteiger partial charge is 0.394 e. The van der Waals surface area contributed by atoms with Crippen molar-refractivity contribution in [1.82, 2.24) is 0 Å². The highest BCUT2D eigenvalue weighted by Gasteiger charge is 2.63. The fourth-order valence-corrected chi connectivity index (χ4v) is 2.94. The maximum absolute atomic E-state index is 10.7. The lowest BCUT2D eigenvalue weighted by atomic mass is 9.75. The van der Waals surface area contributed by atoms with Gasteiger partial charge in [-0.1, -0.05) is 0 Å². The summed E-state index contributed by atoms with van der Waals surface area (Å²) in [6.07, 6.45) is -15.2. The van der Waals surface area contributed by atoms with Gasteiger partial charge in [-0.05, 0) is 6.92 Å². The van der Waals surface area contributed by atoms with Crippen LogP contribution in [0.3, 0.4) is 0 Å². The molecule has 130 valence electrons. The van der Waals surface area contributed by atoms with Gasteiger partial charge in [0.1, 0.15) is 42.7 Å². The summed E-state index contributed by atoms with van der Waals surface area (Å²) < 4.78 is 9.98. The lowest BCUT2D eigenvalue weighted by molar-refractivity contribution is -0.366. The Morgan fingerprint density at radius 1 is 0.864 bits per heavy atom. The van der Waals surface area contributed by atoms with Gasteiger partial charge in [-0.3, -0.25) is 0 Å². The Morgan fingerprint density at radius 3 is 2.00 bits per heavy atom. The van der Waals surface area contributed by atoms with Crippen molar-refractivity contribution < 1.29 is 50.3 Å². The summed E-state index contributed by atoms with van der Waals surface area (Å²) in [5.41, 5.74) is -2.64. The van der Waals surface area contributed by atoms with Gasteiger partial charge >= 0.3 is 0 Å². The topological polar surface area (TPSA) is 180 Å². The van der Waals surface area contributed by atoms with E-state index in [2.05, 4.69) is 0 Å². The first-order valence-electron chi connectivity index (χ1n) is 6.88. The molecule has 0 aliphatic carbocycles. The van der Waals surface area contributed by atoms with Gasteiger partial charge in [-0.2, -0.15) is 0 Å². The minimum atomic E-state index is -2.64. The summed E-state index contributed by atoms with van der Waals surface area (Å²) >= 11 is 0. The van der Waals surface area contributed by atoms with Crippen molar-refractivity contribution in [3.8, 4) is 0 Å². The fraction of sp³-hybridized carbons (Fsp3) is 1.00. The standard InChI is InChI=1S/C12H22O10/c1-3-5(14)6(15)7(16)10(21-3)12(20)8(17)4(2-13)22-11(19)9(12)18/h3-11,13-20H,2H2,1H3/t3-,4-,5-,6+,7+,8+,9+,10?,11?,12+/m1/s1. The molecule has 2 unspecified atom stereocenters. The highest BCUT2D eigenvalue weighted by Crippen LogP contribution is 2.38. The fourth-order valence-electron chi connectivity index (χ4n) is 2.94. The summed E-state index contributed by atoms with van der Waals surface area (Å²) in [4.78, 5) is 0. The molecule has 2 rings (SSSR count). The molecule has 8 N–H and O–H groups in total. The zero-order valence-corrected chi connectivity index (χ0v) is 11.8.